The normalized spacial score (nSPS) is 12.6. The number of carboxylic acid groups (broad SMARTS) is 1. The highest BCUT2D eigenvalue weighted by molar-refractivity contribution is 5.93. The van der Waals surface area contributed by atoms with E-state index in [1.165, 1.54) is 6.92 Å². The Kier molecular flexibility index (Phi) is 15.0. The Morgan fingerprint density at radius 2 is 1.23 bits per heavy atom. The molecular weight excluding hydrogens is 552 g/mol. The number of nitrogens with one attached hydrogen (secondary N) is 3. The lowest BCUT2D eigenvalue weighted by atomic mass is 10.0. The summed E-state index contributed by atoms with van der Waals surface area (Å²) in [5, 5.41) is 17.8. The van der Waals surface area contributed by atoms with E-state index in [2.05, 4.69) is 29.1 Å². The summed E-state index contributed by atoms with van der Waals surface area (Å²) in [6, 6.07) is 10.7. The molecule has 0 spiro atoms. The molecule has 11 heteroatoms. The van der Waals surface area contributed by atoms with Crippen LogP contribution in [0.15, 0.2) is 73.8 Å². The average Bonchev–Trinajstić information content (AvgIpc) is 2.98. The minimum Gasteiger partial charge on any atom is -0.490 e. The van der Waals surface area contributed by atoms with Gasteiger partial charge in [-0.2, -0.15) is 0 Å². The summed E-state index contributed by atoms with van der Waals surface area (Å²) in [4.78, 5) is 50.7. The molecule has 11 nitrogen and oxygen atoms in total. The fourth-order valence-electron chi connectivity index (χ4n) is 4.19. The van der Waals surface area contributed by atoms with Gasteiger partial charge in [-0.05, 0) is 61.2 Å². The second-order valence-corrected chi connectivity index (χ2v) is 9.89. The van der Waals surface area contributed by atoms with Gasteiger partial charge in [-0.25, -0.2) is 4.79 Å². The van der Waals surface area contributed by atoms with Gasteiger partial charge in [0.1, 0.15) is 42.8 Å². The van der Waals surface area contributed by atoms with E-state index >= 15 is 0 Å². The van der Waals surface area contributed by atoms with Crippen LogP contribution in [0.5, 0.6) is 11.5 Å². The number of amides is 3. The van der Waals surface area contributed by atoms with Crippen LogP contribution in [0.2, 0.25) is 0 Å². The number of nitrogens with two attached hydrogens (primary N) is 1. The summed E-state index contributed by atoms with van der Waals surface area (Å²) >= 11 is 0. The van der Waals surface area contributed by atoms with E-state index in [-0.39, 0.29) is 19.3 Å². The van der Waals surface area contributed by atoms with Crippen LogP contribution in [0, 0.1) is 0 Å². The van der Waals surface area contributed by atoms with Crippen LogP contribution in [-0.2, 0) is 32.0 Å². The molecule has 0 aromatic heterocycles. The average molecular weight is 595 g/mol. The molecule has 2 aromatic rings. The van der Waals surface area contributed by atoms with Gasteiger partial charge >= 0.3 is 5.97 Å². The van der Waals surface area contributed by atoms with Gasteiger partial charge in [0.2, 0.25) is 17.7 Å². The molecule has 0 heterocycles. The number of rotatable bonds is 20. The maximum absolute atomic E-state index is 13.4. The maximum atomic E-state index is 13.4. The first-order valence-corrected chi connectivity index (χ1v) is 14.1. The summed E-state index contributed by atoms with van der Waals surface area (Å²) in [6.45, 7) is 9.60. The molecule has 3 atom stereocenters. The van der Waals surface area contributed by atoms with E-state index in [1.807, 2.05) is 0 Å². The molecule has 6 N–H and O–H groups in total. The highest BCUT2D eigenvalue weighted by Crippen LogP contribution is 2.15. The molecule has 0 saturated carbocycles. The third-order valence-electron chi connectivity index (χ3n) is 6.35. The molecule has 2 rings (SSSR count). The van der Waals surface area contributed by atoms with Gasteiger partial charge in [0.05, 0.1) is 0 Å². The fourth-order valence-corrected chi connectivity index (χ4v) is 4.19. The van der Waals surface area contributed by atoms with Gasteiger partial charge in [0, 0.05) is 19.8 Å². The van der Waals surface area contributed by atoms with Crippen LogP contribution in [0.4, 0.5) is 0 Å². The van der Waals surface area contributed by atoms with Crippen molar-refractivity contribution in [3.05, 3.63) is 85.0 Å². The van der Waals surface area contributed by atoms with Gasteiger partial charge in [-0.3, -0.25) is 14.4 Å². The van der Waals surface area contributed by atoms with Crippen molar-refractivity contribution in [2.75, 3.05) is 19.8 Å². The van der Waals surface area contributed by atoms with Crippen LogP contribution < -0.4 is 31.2 Å². The van der Waals surface area contributed by atoms with E-state index in [9.17, 15) is 24.3 Å². The van der Waals surface area contributed by atoms with E-state index in [4.69, 9.17) is 15.2 Å². The quantitative estimate of drug-likeness (QED) is 0.115. The number of unbranched alkanes of at least 4 members (excludes halogenated alkanes) is 1. The fraction of sp³-hybridized carbons (Fsp3) is 0.375. The molecule has 0 saturated heterocycles. The molecule has 0 bridgehead atoms. The molecule has 0 aliphatic heterocycles. The van der Waals surface area contributed by atoms with E-state index in [1.54, 1.807) is 60.7 Å². The Bertz CT molecular complexity index is 1220. The summed E-state index contributed by atoms with van der Waals surface area (Å²) in [6.07, 6.45) is 4.79. The first kappa shape index (κ1) is 34.6. The summed E-state index contributed by atoms with van der Waals surface area (Å²) < 4.78 is 10.9. The molecule has 0 aliphatic rings. The SMILES string of the molecule is C=CCOc1ccc(C[C@H](NC(=O)[C@@H](CCCCN)NC(=O)[C@H](Cc2ccc(OCC=C)cc2)NC(C)=O)C(=O)O)cc1. The Morgan fingerprint density at radius 1 is 0.767 bits per heavy atom. The van der Waals surface area contributed by atoms with E-state index in [0.29, 0.717) is 49.7 Å². The highest BCUT2D eigenvalue weighted by atomic mass is 16.5. The maximum Gasteiger partial charge on any atom is 0.326 e. The van der Waals surface area contributed by atoms with Crippen LogP contribution in [0.3, 0.4) is 0 Å². The molecule has 3 amide bonds. The van der Waals surface area contributed by atoms with E-state index < -0.39 is 41.8 Å². The summed E-state index contributed by atoms with van der Waals surface area (Å²) in [5.41, 5.74) is 7.06. The largest absolute Gasteiger partial charge is 0.490 e. The molecule has 43 heavy (non-hydrogen) atoms. The number of benzene rings is 2. The predicted octanol–water partition coefficient (Wildman–Crippen LogP) is 2.29. The second kappa shape index (κ2) is 18.7. The van der Waals surface area contributed by atoms with Crippen molar-refractivity contribution in [2.45, 2.75) is 57.2 Å². The van der Waals surface area contributed by atoms with Crippen molar-refractivity contribution in [1.29, 1.82) is 0 Å². The zero-order valence-corrected chi connectivity index (χ0v) is 24.6. The highest BCUT2D eigenvalue weighted by Gasteiger charge is 2.29. The topological polar surface area (TPSA) is 169 Å². The van der Waals surface area contributed by atoms with Crippen molar-refractivity contribution in [3.63, 3.8) is 0 Å². The lowest BCUT2D eigenvalue weighted by Gasteiger charge is -2.24. The zero-order valence-electron chi connectivity index (χ0n) is 24.6. The number of carbonyl (C=O) groups is 4. The molecule has 0 radical (unpaired) electrons. The lowest BCUT2D eigenvalue weighted by molar-refractivity contribution is -0.142. The number of hydrogen-bond acceptors (Lipinski definition) is 7. The number of carboxylic acids is 1. The number of ether oxygens (including phenoxy) is 2. The first-order chi connectivity index (χ1) is 20.7. The van der Waals surface area contributed by atoms with Crippen LogP contribution >= 0.6 is 0 Å². The minimum atomic E-state index is -1.24. The van der Waals surface area contributed by atoms with Gasteiger partial charge < -0.3 is 36.3 Å². The standard InChI is InChI=1S/C32H42N4O7/c1-4-18-42-25-13-9-23(10-14-25)20-28(34-22(3)37)31(39)35-27(8-6-7-17-33)30(38)36-29(32(40)41)21-24-11-15-26(16-12-24)43-19-5-2/h4-5,9-16,27-29H,1-2,6-8,17-21,33H2,3H3,(H,34,37)(H,35,39)(H,36,38)(H,40,41)/t27-,28+,29+/m1/s1. The number of aliphatic carboxylic acids is 1. The van der Waals surface area contributed by atoms with Crippen molar-refractivity contribution >= 4 is 23.7 Å². The Hall–Kier alpha value is -4.64. The molecule has 0 unspecified atom stereocenters. The van der Waals surface area contributed by atoms with Crippen molar-refractivity contribution < 1.29 is 33.8 Å². The third-order valence-corrected chi connectivity index (χ3v) is 6.35. The van der Waals surface area contributed by atoms with Gasteiger partial charge in [0.25, 0.3) is 0 Å². The molecule has 232 valence electrons. The smallest absolute Gasteiger partial charge is 0.326 e. The minimum absolute atomic E-state index is 0.0211. The Balaban J connectivity index is 2.15. The molecule has 2 aromatic carbocycles. The van der Waals surface area contributed by atoms with Gasteiger partial charge in [0.15, 0.2) is 0 Å². The Morgan fingerprint density at radius 3 is 1.67 bits per heavy atom. The van der Waals surface area contributed by atoms with Crippen LogP contribution in [-0.4, -0.2) is 66.7 Å². The predicted molar refractivity (Wildman–Crippen MR) is 164 cm³/mol. The van der Waals surface area contributed by atoms with Crippen molar-refractivity contribution in [1.82, 2.24) is 16.0 Å². The van der Waals surface area contributed by atoms with Crippen molar-refractivity contribution in [2.24, 2.45) is 5.73 Å². The van der Waals surface area contributed by atoms with Crippen molar-refractivity contribution in [3.8, 4) is 11.5 Å². The van der Waals surface area contributed by atoms with E-state index in [0.717, 1.165) is 5.56 Å². The number of carbonyl (C=O) groups excluding carboxylic acids is 3. The van der Waals surface area contributed by atoms with Crippen LogP contribution in [0.25, 0.3) is 0 Å². The zero-order chi connectivity index (χ0) is 31.6. The first-order valence-electron chi connectivity index (χ1n) is 14.1. The van der Waals surface area contributed by atoms with Gasteiger partial charge in [-0.15, -0.1) is 0 Å². The monoisotopic (exact) mass is 594 g/mol. The summed E-state index contributed by atoms with van der Waals surface area (Å²) in [7, 11) is 0. The number of hydrogen-bond donors (Lipinski definition) is 5. The third kappa shape index (κ3) is 12.8. The molecular formula is C32H42N4O7. The molecule has 0 aliphatic carbocycles. The Labute approximate surface area is 252 Å². The lowest BCUT2D eigenvalue weighted by Crippen LogP contribution is -2.56. The second-order valence-electron chi connectivity index (χ2n) is 9.89. The van der Waals surface area contributed by atoms with Crippen LogP contribution in [0.1, 0.15) is 37.3 Å². The molecule has 0 fully saturated rings. The van der Waals surface area contributed by atoms with Gasteiger partial charge in [-0.1, -0.05) is 49.6 Å². The summed E-state index contributed by atoms with van der Waals surface area (Å²) in [5.74, 6) is -1.61.